The van der Waals surface area contributed by atoms with Crippen molar-refractivity contribution in [3.8, 4) is 0 Å². The summed E-state index contributed by atoms with van der Waals surface area (Å²) >= 11 is 0. The van der Waals surface area contributed by atoms with Gasteiger partial charge >= 0.3 is 0 Å². The van der Waals surface area contributed by atoms with Gasteiger partial charge in [0, 0.05) is 6.61 Å². The fraction of sp³-hybridized carbons (Fsp3) is 0.647. The van der Waals surface area contributed by atoms with Crippen LogP contribution in [0.3, 0.4) is 0 Å². The van der Waals surface area contributed by atoms with Crippen molar-refractivity contribution in [1.29, 1.82) is 0 Å². The minimum absolute atomic E-state index is 0.334. The van der Waals surface area contributed by atoms with E-state index in [0.29, 0.717) is 12.1 Å². The molecule has 1 saturated heterocycles. The Labute approximate surface area is 117 Å². The van der Waals surface area contributed by atoms with Crippen LogP contribution >= 0.6 is 0 Å². The number of benzene rings is 1. The molecular weight excluding hydrogens is 234 g/mol. The zero-order valence-electron chi connectivity index (χ0n) is 12.5. The molecule has 106 valence electrons. The molecule has 1 heterocycles. The van der Waals surface area contributed by atoms with Crippen LogP contribution < -0.4 is 5.32 Å². The van der Waals surface area contributed by atoms with Gasteiger partial charge in [-0.05, 0) is 62.8 Å². The second-order valence-corrected chi connectivity index (χ2v) is 5.63. The highest BCUT2D eigenvalue weighted by molar-refractivity contribution is 5.36. The number of aryl methyl sites for hydroxylation is 1. The first-order valence-electron chi connectivity index (χ1n) is 7.65. The number of nitrogens with one attached hydrogen (secondary N) is 1. The van der Waals surface area contributed by atoms with Crippen LogP contribution in [0, 0.1) is 13.8 Å². The Morgan fingerprint density at radius 1 is 1.32 bits per heavy atom. The normalized spacial score (nSPS) is 21.3. The first kappa shape index (κ1) is 14.5. The number of ether oxygens (including phenoxy) is 1. The van der Waals surface area contributed by atoms with Gasteiger partial charge in [-0.1, -0.05) is 25.1 Å². The summed E-state index contributed by atoms with van der Waals surface area (Å²) in [6.45, 7) is 8.61. The quantitative estimate of drug-likeness (QED) is 0.867. The topological polar surface area (TPSA) is 21.3 Å². The fourth-order valence-corrected chi connectivity index (χ4v) is 2.88. The Kier molecular flexibility index (Phi) is 5.41. The summed E-state index contributed by atoms with van der Waals surface area (Å²) in [5.74, 6) is 0. The third kappa shape index (κ3) is 3.58. The number of rotatable bonds is 5. The summed E-state index contributed by atoms with van der Waals surface area (Å²) in [5, 5.41) is 3.70. The summed E-state index contributed by atoms with van der Waals surface area (Å²) in [7, 11) is 0. The molecule has 2 heteroatoms. The molecule has 1 aromatic carbocycles. The van der Waals surface area contributed by atoms with E-state index in [2.05, 4.69) is 44.3 Å². The van der Waals surface area contributed by atoms with Crippen molar-refractivity contribution in [2.75, 3.05) is 13.2 Å². The van der Waals surface area contributed by atoms with Gasteiger partial charge in [-0.15, -0.1) is 0 Å². The minimum Gasteiger partial charge on any atom is -0.376 e. The van der Waals surface area contributed by atoms with Crippen molar-refractivity contribution in [3.05, 3.63) is 34.9 Å². The molecule has 0 aliphatic carbocycles. The fourth-order valence-electron chi connectivity index (χ4n) is 2.88. The maximum atomic E-state index is 6.02. The molecule has 0 aromatic heterocycles. The lowest BCUT2D eigenvalue weighted by molar-refractivity contribution is -0.00829. The van der Waals surface area contributed by atoms with Crippen LogP contribution in [-0.2, 0) is 4.74 Å². The monoisotopic (exact) mass is 261 g/mol. The minimum atomic E-state index is 0.334. The van der Waals surface area contributed by atoms with Crippen LogP contribution in [0.25, 0.3) is 0 Å². The van der Waals surface area contributed by atoms with Crippen molar-refractivity contribution in [3.63, 3.8) is 0 Å². The second kappa shape index (κ2) is 7.06. The SMILES string of the molecule is CCCNC(c1cccc(C)c1C)C1CCCCO1. The summed E-state index contributed by atoms with van der Waals surface area (Å²) in [6, 6.07) is 6.96. The molecule has 0 radical (unpaired) electrons. The van der Waals surface area contributed by atoms with Gasteiger partial charge in [0.1, 0.15) is 0 Å². The van der Waals surface area contributed by atoms with Gasteiger partial charge in [-0.2, -0.15) is 0 Å². The Bertz CT molecular complexity index is 396. The van der Waals surface area contributed by atoms with E-state index in [0.717, 1.165) is 19.6 Å². The molecule has 1 aromatic rings. The Morgan fingerprint density at radius 2 is 2.16 bits per heavy atom. The van der Waals surface area contributed by atoms with Crippen molar-refractivity contribution < 1.29 is 4.74 Å². The standard InChI is InChI=1S/C17H27NO/c1-4-11-18-17(16-10-5-6-12-19-16)15-9-7-8-13(2)14(15)3/h7-9,16-18H,4-6,10-12H2,1-3H3. The molecule has 0 spiro atoms. The molecule has 1 fully saturated rings. The lowest BCUT2D eigenvalue weighted by Gasteiger charge is -2.32. The molecule has 19 heavy (non-hydrogen) atoms. The predicted molar refractivity (Wildman–Crippen MR) is 80.5 cm³/mol. The zero-order valence-corrected chi connectivity index (χ0v) is 12.5. The van der Waals surface area contributed by atoms with E-state index in [1.54, 1.807) is 0 Å². The summed E-state index contributed by atoms with van der Waals surface area (Å²) < 4.78 is 6.02. The lowest BCUT2D eigenvalue weighted by atomic mass is 9.91. The Morgan fingerprint density at radius 3 is 2.84 bits per heavy atom. The third-order valence-electron chi connectivity index (χ3n) is 4.18. The maximum Gasteiger partial charge on any atom is 0.0769 e. The largest absolute Gasteiger partial charge is 0.376 e. The van der Waals surface area contributed by atoms with Gasteiger partial charge in [0.25, 0.3) is 0 Å². The van der Waals surface area contributed by atoms with Gasteiger partial charge < -0.3 is 10.1 Å². The van der Waals surface area contributed by atoms with E-state index in [1.807, 2.05) is 0 Å². The highest BCUT2D eigenvalue weighted by Gasteiger charge is 2.26. The summed E-state index contributed by atoms with van der Waals surface area (Å²) in [6.07, 6.45) is 5.17. The van der Waals surface area contributed by atoms with Crippen LogP contribution in [0.15, 0.2) is 18.2 Å². The summed E-state index contributed by atoms with van der Waals surface area (Å²) in [5.41, 5.74) is 4.20. The lowest BCUT2D eigenvalue weighted by Crippen LogP contribution is -2.36. The first-order valence-corrected chi connectivity index (χ1v) is 7.65. The first-order chi connectivity index (χ1) is 9.24. The molecule has 1 N–H and O–H groups in total. The van der Waals surface area contributed by atoms with E-state index in [1.165, 1.54) is 36.0 Å². The molecule has 1 aliphatic heterocycles. The molecule has 0 saturated carbocycles. The second-order valence-electron chi connectivity index (χ2n) is 5.63. The van der Waals surface area contributed by atoms with Crippen LogP contribution in [0.4, 0.5) is 0 Å². The van der Waals surface area contributed by atoms with Gasteiger partial charge in [0.15, 0.2) is 0 Å². The average Bonchev–Trinajstić information content (AvgIpc) is 2.45. The molecule has 0 bridgehead atoms. The van der Waals surface area contributed by atoms with E-state index in [9.17, 15) is 0 Å². The summed E-state index contributed by atoms with van der Waals surface area (Å²) in [4.78, 5) is 0. The highest BCUT2D eigenvalue weighted by Crippen LogP contribution is 2.29. The Balaban J connectivity index is 2.22. The molecule has 2 rings (SSSR count). The molecular formula is C17H27NO. The van der Waals surface area contributed by atoms with Crippen LogP contribution in [0.2, 0.25) is 0 Å². The van der Waals surface area contributed by atoms with E-state index in [-0.39, 0.29) is 0 Å². The predicted octanol–water partition coefficient (Wildman–Crippen LogP) is 3.91. The molecule has 2 nitrogen and oxygen atoms in total. The Hall–Kier alpha value is -0.860. The molecule has 0 amide bonds. The van der Waals surface area contributed by atoms with Gasteiger partial charge in [-0.25, -0.2) is 0 Å². The molecule has 2 atom stereocenters. The maximum absolute atomic E-state index is 6.02. The van der Waals surface area contributed by atoms with Gasteiger partial charge in [0.05, 0.1) is 12.1 Å². The van der Waals surface area contributed by atoms with Gasteiger partial charge in [0.2, 0.25) is 0 Å². The van der Waals surface area contributed by atoms with E-state index >= 15 is 0 Å². The van der Waals surface area contributed by atoms with Crippen molar-refractivity contribution in [2.45, 2.75) is 58.6 Å². The van der Waals surface area contributed by atoms with Crippen LogP contribution in [0.5, 0.6) is 0 Å². The zero-order chi connectivity index (χ0) is 13.7. The molecule has 2 unspecified atom stereocenters. The van der Waals surface area contributed by atoms with Gasteiger partial charge in [-0.3, -0.25) is 0 Å². The molecule has 1 aliphatic rings. The average molecular weight is 261 g/mol. The van der Waals surface area contributed by atoms with Crippen LogP contribution in [0.1, 0.15) is 55.3 Å². The van der Waals surface area contributed by atoms with Crippen molar-refractivity contribution in [2.24, 2.45) is 0 Å². The van der Waals surface area contributed by atoms with Crippen LogP contribution in [-0.4, -0.2) is 19.3 Å². The number of hydrogen-bond donors (Lipinski definition) is 1. The van der Waals surface area contributed by atoms with E-state index in [4.69, 9.17) is 4.74 Å². The van der Waals surface area contributed by atoms with E-state index < -0.39 is 0 Å². The smallest absolute Gasteiger partial charge is 0.0769 e. The third-order valence-corrected chi connectivity index (χ3v) is 4.18. The van der Waals surface area contributed by atoms with Crippen molar-refractivity contribution >= 4 is 0 Å². The highest BCUT2D eigenvalue weighted by atomic mass is 16.5. The number of hydrogen-bond acceptors (Lipinski definition) is 2. The van der Waals surface area contributed by atoms with Crippen molar-refractivity contribution in [1.82, 2.24) is 5.32 Å².